The van der Waals surface area contributed by atoms with Crippen LogP contribution in [0.2, 0.25) is 0 Å². The van der Waals surface area contributed by atoms with E-state index in [9.17, 15) is 0 Å². The maximum atomic E-state index is 2.40. The highest BCUT2D eigenvalue weighted by molar-refractivity contribution is 5.96. The van der Waals surface area contributed by atoms with Crippen LogP contribution in [0, 0.1) is 0 Å². The average Bonchev–Trinajstić information content (AvgIpc) is 2.92. The zero-order valence-corrected chi connectivity index (χ0v) is 12.2. The molecule has 0 nitrogen and oxygen atoms in total. The van der Waals surface area contributed by atoms with Crippen molar-refractivity contribution in [1.29, 1.82) is 0 Å². The summed E-state index contributed by atoms with van der Waals surface area (Å²) in [6.07, 6.45) is 9.08. The van der Waals surface area contributed by atoms with E-state index in [0.717, 1.165) is 0 Å². The summed E-state index contributed by atoms with van der Waals surface area (Å²) in [7, 11) is 0. The lowest BCUT2D eigenvalue weighted by molar-refractivity contribution is 0.769. The first-order chi connectivity index (χ1) is 10.9. The molecule has 0 saturated heterocycles. The smallest absolute Gasteiger partial charge is 0.0131 e. The third-order valence-electron chi connectivity index (χ3n) is 5.00. The molecule has 0 heteroatoms. The standard InChI is InChI=1S/C22H16/c1-2-7-15(8-3-1)17-13-16-9-6-12-20-18-10-4-5-11-19(18)21(14-17)22(16)20/h1-14,18-19H. The average molecular weight is 280 g/mol. The van der Waals surface area contributed by atoms with Crippen LogP contribution in [0.4, 0.5) is 0 Å². The zero-order chi connectivity index (χ0) is 14.5. The summed E-state index contributed by atoms with van der Waals surface area (Å²) in [6, 6.07) is 22.2. The van der Waals surface area contributed by atoms with E-state index >= 15 is 0 Å². The van der Waals surface area contributed by atoms with Crippen LogP contribution in [0.5, 0.6) is 0 Å². The fourth-order valence-electron chi connectivity index (χ4n) is 4.03. The van der Waals surface area contributed by atoms with Crippen LogP contribution in [0.15, 0.2) is 85.0 Å². The summed E-state index contributed by atoms with van der Waals surface area (Å²) in [4.78, 5) is 0. The number of fused-ring (bicyclic) bond motifs is 3. The molecule has 0 heterocycles. The molecule has 0 N–H and O–H groups in total. The normalized spacial score (nSPS) is 21.3. The predicted molar refractivity (Wildman–Crippen MR) is 93.1 cm³/mol. The maximum Gasteiger partial charge on any atom is 0.0131 e. The van der Waals surface area contributed by atoms with E-state index in [-0.39, 0.29) is 0 Å². The van der Waals surface area contributed by atoms with Gasteiger partial charge in [0.1, 0.15) is 0 Å². The monoisotopic (exact) mass is 280 g/mol. The van der Waals surface area contributed by atoms with Crippen molar-refractivity contribution in [3.05, 3.63) is 96.1 Å². The van der Waals surface area contributed by atoms with Gasteiger partial charge in [-0.1, -0.05) is 72.8 Å². The van der Waals surface area contributed by atoms with Gasteiger partial charge < -0.3 is 0 Å². The molecule has 104 valence electrons. The van der Waals surface area contributed by atoms with E-state index in [2.05, 4.69) is 85.0 Å². The van der Waals surface area contributed by atoms with Crippen LogP contribution < -0.4 is 0 Å². The van der Waals surface area contributed by atoms with Gasteiger partial charge in [0, 0.05) is 11.8 Å². The lowest BCUT2D eigenvalue weighted by atomic mass is 9.86. The van der Waals surface area contributed by atoms with E-state index in [1.165, 1.54) is 33.0 Å². The van der Waals surface area contributed by atoms with E-state index < -0.39 is 0 Å². The Morgan fingerprint density at radius 2 is 1.36 bits per heavy atom. The highest BCUT2D eigenvalue weighted by Gasteiger charge is 2.32. The van der Waals surface area contributed by atoms with Crippen molar-refractivity contribution in [2.75, 3.05) is 0 Å². The molecule has 0 saturated carbocycles. The fourth-order valence-corrected chi connectivity index (χ4v) is 4.03. The SMILES string of the molecule is C1=CC2c3cccc4cc(-c5ccccc5)cc(c34)C2C=C1. The number of allylic oxidation sites excluding steroid dienone is 4. The number of hydrogen-bond donors (Lipinski definition) is 0. The van der Waals surface area contributed by atoms with Gasteiger partial charge in [0.25, 0.3) is 0 Å². The summed E-state index contributed by atoms with van der Waals surface area (Å²) >= 11 is 0. The van der Waals surface area contributed by atoms with Crippen LogP contribution in [0.1, 0.15) is 23.0 Å². The Bertz CT molecular complexity index is 929. The molecule has 2 aliphatic carbocycles. The second-order valence-corrected chi connectivity index (χ2v) is 6.20. The molecule has 5 rings (SSSR count). The third kappa shape index (κ3) is 1.58. The number of benzene rings is 3. The number of hydrogen-bond acceptors (Lipinski definition) is 0. The van der Waals surface area contributed by atoms with Gasteiger partial charge in [-0.25, -0.2) is 0 Å². The first kappa shape index (κ1) is 12.0. The van der Waals surface area contributed by atoms with Gasteiger partial charge in [-0.3, -0.25) is 0 Å². The van der Waals surface area contributed by atoms with Crippen LogP contribution in [-0.2, 0) is 0 Å². The van der Waals surface area contributed by atoms with Crippen molar-refractivity contribution in [1.82, 2.24) is 0 Å². The van der Waals surface area contributed by atoms with Gasteiger partial charge >= 0.3 is 0 Å². The molecule has 0 aromatic heterocycles. The first-order valence-corrected chi connectivity index (χ1v) is 7.89. The lowest BCUT2D eigenvalue weighted by Crippen LogP contribution is -2.02. The lowest BCUT2D eigenvalue weighted by Gasteiger charge is -2.17. The van der Waals surface area contributed by atoms with E-state index in [4.69, 9.17) is 0 Å². The van der Waals surface area contributed by atoms with Crippen LogP contribution in [0.3, 0.4) is 0 Å². The second kappa shape index (κ2) is 4.45. The molecule has 0 aliphatic heterocycles. The van der Waals surface area contributed by atoms with Crippen molar-refractivity contribution in [2.45, 2.75) is 11.8 Å². The summed E-state index contributed by atoms with van der Waals surface area (Å²) in [5, 5.41) is 2.83. The zero-order valence-electron chi connectivity index (χ0n) is 12.2. The van der Waals surface area contributed by atoms with Gasteiger partial charge in [-0.05, 0) is 45.2 Å². The van der Waals surface area contributed by atoms with Crippen molar-refractivity contribution in [3.63, 3.8) is 0 Å². The Kier molecular flexibility index (Phi) is 2.42. The van der Waals surface area contributed by atoms with Crippen molar-refractivity contribution in [3.8, 4) is 11.1 Å². The molecule has 0 radical (unpaired) electrons. The second-order valence-electron chi connectivity index (χ2n) is 6.20. The molecular weight excluding hydrogens is 264 g/mol. The highest BCUT2D eigenvalue weighted by Crippen LogP contribution is 2.50. The molecule has 3 aromatic rings. The fraction of sp³-hybridized carbons (Fsp3) is 0.0909. The predicted octanol–water partition coefficient (Wildman–Crippen LogP) is 5.81. The molecule has 0 bridgehead atoms. The maximum absolute atomic E-state index is 2.40. The molecule has 2 atom stereocenters. The largest absolute Gasteiger partial charge is 0.0761 e. The van der Waals surface area contributed by atoms with Crippen molar-refractivity contribution >= 4 is 10.8 Å². The van der Waals surface area contributed by atoms with Gasteiger partial charge in [-0.2, -0.15) is 0 Å². The van der Waals surface area contributed by atoms with Crippen LogP contribution in [-0.4, -0.2) is 0 Å². The van der Waals surface area contributed by atoms with Crippen LogP contribution >= 0.6 is 0 Å². The molecule has 3 aromatic carbocycles. The Labute approximate surface area is 130 Å². The Morgan fingerprint density at radius 1 is 0.591 bits per heavy atom. The van der Waals surface area contributed by atoms with Gasteiger partial charge in [0.15, 0.2) is 0 Å². The van der Waals surface area contributed by atoms with Crippen LogP contribution in [0.25, 0.3) is 21.9 Å². The van der Waals surface area contributed by atoms with E-state index in [1.807, 2.05) is 0 Å². The van der Waals surface area contributed by atoms with Gasteiger partial charge in [0.05, 0.1) is 0 Å². The summed E-state index contributed by atoms with van der Waals surface area (Å²) in [5.41, 5.74) is 5.59. The quantitative estimate of drug-likeness (QED) is 0.527. The van der Waals surface area contributed by atoms with Gasteiger partial charge in [-0.15, -0.1) is 0 Å². The van der Waals surface area contributed by atoms with E-state index in [0.29, 0.717) is 11.8 Å². The van der Waals surface area contributed by atoms with Gasteiger partial charge in [0.2, 0.25) is 0 Å². The summed E-state index contributed by atoms with van der Waals surface area (Å²) < 4.78 is 0. The van der Waals surface area contributed by atoms with Crippen molar-refractivity contribution < 1.29 is 0 Å². The molecule has 22 heavy (non-hydrogen) atoms. The highest BCUT2D eigenvalue weighted by atomic mass is 14.3. The third-order valence-corrected chi connectivity index (χ3v) is 5.00. The Hall–Kier alpha value is -2.60. The minimum absolute atomic E-state index is 0.494. The van der Waals surface area contributed by atoms with Crippen molar-refractivity contribution in [2.24, 2.45) is 0 Å². The topological polar surface area (TPSA) is 0 Å². The Balaban J connectivity index is 1.82. The minimum atomic E-state index is 0.494. The number of rotatable bonds is 1. The molecule has 2 unspecified atom stereocenters. The molecule has 0 amide bonds. The summed E-state index contributed by atoms with van der Waals surface area (Å²) in [5.74, 6) is 1.00. The minimum Gasteiger partial charge on any atom is -0.0761 e. The molecule has 0 spiro atoms. The Morgan fingerprint density at radius 3 is 2.18 bits per heavy atom. The van der Waals surface area contributed by atoms with E-state index in [1.54, 1.807) is 0 Å². The summed E-state index contributed by atoms with van der Waals surface area (Å²) in [6.45, 7) is 0. The molecule has 0 fully saturated rings. The first-order valence-electron chi connectivity index (χ1n) is 7.89. The molecule has 2 aliphatic rings. The molecular formula is C22H16.